The lowest BCUT2D eigenvalue weighted by molar-refractivity contribution is 0.414. The second-order valence-corrected chi connectivity index (χ2v) is 5.09. The Morgan fingerprint density at radius 1 is 1.14 bits per heavy atom. The van der Waals surface area contributed by atoms with Crippen molar-refractivity contribution in [1.29, 1.82) is 0 Å². The first-order chi connectivity index (χ1) is 10.0. The lowest BCUT2D eigenvalue weighted by Gasteiger charge is -2.19. The highest BCUT2D eigenvalue weighted by Crippen LogP contribution is 2.29. The van der Waals surface area contributed by atoms with Gasteiger partial charge in [-0.3, -0.25) is 0 Å². The molecular formula is C16H16ClF2NO. The molecule has 2 rings (SSSR count). The van der Waals surface area contributed by atoms with Gasteiger partial charge in [-0.1, -0.05) is 23.7 Å². The zero-order valence-corrected chi connectivity index (χ0v) is 12.5. The van der Waals surface area contributed by atoms with E-state index in [0.29, 0.717) is 22.8 Å². The molecule has 0 spiro atoms. The van der Waals surface area contributed by atoms with Crippen molar-refractivity contribution in [2.45, 2.75) is 12.5 Å². The van der Waals surface area contributed by atoms with E-state index in [2.05, 4.69) is 5.32 Å². The molecule has 0 saturated heterocycles. The Morgan fingerprint density at radius 2 is 1.90 bits per heavy atom. The van der Waals surface area contributed by atoms with E-state index in [4.69, 9.17) is 16.3 Å². The Hall–Kier alpha value is -1.65. The summed E-state index contributed by atoms with van der Waals surface area (Å²) in [5.41, 5.74) is 1.57. The predicted octanol–water partition coefficient (Wildman–Crippen LogP) is 4.13. The fourth-order valence-electron chi connectivity index (χ4n) is 2.19. The van der Waals surface area contributed by atoms with Gasteiger partial charge in [-0.15, -0.1) is 0 Å². The van der Waals surface area contributed by atoms with Gasteiger partial charge < -0.3 is 10.1 Å². The molecule has 1 unspecified atom stereocenters. The minimum atomic E-state index is -0.845. The average molecular weight is 312 g/mol. The minimum Gasteiger partial charge on any atom is -0.497 e. The Morgan fingerprint density at radius 3 is 2.48 bits per heavy atom. The van der Waals surface area contributed by atoms with Crippen molar-refractivity contribution in [3.63, 3.8) is 0 Å². The molecule has 0 aliphatic carbocycles. The summed E-state index contributed by atoms with van der Waals surface area (Å²) in [7, 11) is 3.37. The molecule has 0 amide bonds. The molecule has 0 aliphatic rings. The fraction of sp³-hybridized carbons (Fsp3) is 0.250. The molecule has 112 valence electrons. The lowest BCUT2D eigenvalue weighted by Crippen LogP contribution is -2.19. The summed E-state index contributed by atoms with van der Waals surface area (Å²) in [5.74, 6) is -1.02. The van der Waals surface area contributed by atoms with Gasteiger partial charge in [-0.25, -0.2) is 8.78 Å². The number of ether oxygens (including phenoxy) is 1. The quantitative estimate of drug-likeness (QED) is 0.896. The first kappa shape index (κ1) is 15.7. The van der Waals surface area contributed by atoms with E-state index in [1.807, 2.05) is 12.1 Å². The van der Waals surface area contributed by atoms with Crippen LogP contribution in [0, 0.1) is 11.6 Å². The Labute approximate surface area is 127 Å². The Balaban J connectivity index is 2.25. The monoisotopic (exact) mass is 311 g/mol. The largest absolute Gasteiger partial charge is 0.497 e. The molecule has 2 aromatic carbocycles. The third-order valence-corrected chi connectivity index (χ3v) is 3.68. The Bertz CT molecular complexity index is 634. The number of benzene rings is 2. The van der Waals surface area contributed by atoms with Crippen molar-refractivity contribution in [2.24, 2.45) is 0 Å². The second kappa shape index (κ2) is 6.87. The standard InChI is InChI=1S/C16H16ClF2NO/c1-20-16(8-10-3-6-14(18)15(19)7-10)12-5-4-11(21-2)9-13(12)17/h3-7,9,16,20H,8H2,1-2H3. The van der Waals surface area contributed by atoms with E-state index >= 15 is 0 Å². The second-order valence-electron chi connectivity index (χ2n) is 4.68. The number of hydrogen-bond acceptors (Lipinski definition) is 2. The average Bonchev–Trinajstić information content (AvgIpc) is 2.48. The maximum atomic E-state index is 13.3. The number of halogens is 3. The highest BCUT2D eigenvalue weighted by Gasteiger charge is 2.15. The third-order valence-electron chi connectivity index (χ3n) is 3.36. The van der Waals surface area contributed by atoms with Crippen LogP contribution in [0.3, 0.4) is 0 Å². The van der Waals surface area contributed by atoms with Gasteiger partial charge >= 0.3 is 0 Å². The van der Waals surface area contributed by atoms with Crippen LogP contribution in [0.15, 0.2) is 36.4 Å². The lowest BCUT2D eigenvalue weighted by atomic mass is 9.98. The summed E-state index contributed by atoms with van der Waals surface area (Å²) in [6, 6.07) is 9.21. The summed E-state index contributed by atoms with van der Waals surface area (Å²) < 4.78 is 31.4. The zero-order chi connectivity index (χ0) is 15.4. The summed E-state index contributed by atoms with van der Waals surface area (Å²) in [6.07, 6.45) is 0.500. The molecule has 0 aromatic heterocycles. The highest BCUT2D eigenvalue weighted by molar-refractivity contribution is 6.31. The van der Waals surface area contributed by atoms with Crippen molar-refractivity contribution in [2.75, 3.05) is 14.2 Å². The van der Waals surface area contributed by atoms with E-state index in [9.17, 15) is 8.78 Å². The minimum absolute atomic E-state index is 0.103. The van der Waals surface area contributed by atoms with Crippen LogP contribution in [0.1, 0.15) is 17.2 Å². The van der Waals surface area contributed by atoms with Gasteiger partial charge in [0.2, 0.25) is 0 Å². The van der Waals surface area contributed by atoms with Gasteiger partial charge in [0.1, 0.15) is 5.75 Å². The number of nitrogens with one attached hydrogen (secondary N) is 1. The molecule has 5 heteroatoms. The molecule has 0 aliphatic heterocycles. The summed E-state index contributed by atoms with van der Waals surface area (Å²) in [4.78, 5) is 0. The molecule has 0 heterocycles. The molecule has 0 fully saturated rings. The molecular weight excluding hydrogens is 296 g/mol. The molecule has 0 radical (unpaired) electrons. The number of rotatable bonds is 5. The van der Waals surface area contributed by atoms with E-state index in [1.54, 1.807) is 26.3 Å². The van der Waals surface area contributed by atoms with Crippen LogP contribution >= 0.6 is 11.6 Å². The van der Waals surface area contributed by atoms with Gasteiger partial charge in [0.15, 0.2) is 11.6 Å². The van der Waals surface area contributed by atoms with Crippen molar-refractivity contribution in [3.8, 4) is 5.75 Å². The maximum Gasteiger partial charge on any atom is 0.159 e. The Kier molecular flexibility index (Phi) is 5.15. The first-order valence-corrected chi connectivity index (χ1v) is 6.87. The number of likely N-dealkylation sites (N-methyl/N-ethyl adjacent to an activating group) is 1. The van der Waals surface area contributed by atoms with E-state index in [-0.39, 0.29) is 6.04 Å². The molecule has 2 nitrogen and oxygen atoms in total. The zero-order valence-electron chi connectivity index (χ0n) is 11.8. The van der Waals surface area contributed by atoms with Crippen LogP contribution in [0.2, 0.25) is 5.02 Å². The van der Waals surface area contributed by atoms with Gasteiger partial charge in [-0.2, -0.15) is 0 Å². The van der Waals surface area contributed by atoms with Crippen molar-refractivity contribution in [3.05, 3.63) is 64.2 Å². The van der Waals surface area contributed by atoms with Crippen LogP contribution < -0.4 is 10.1 Å². The molecule has 21 heavy (non-hydrogen) atoms. The van der Waals surface area contributed by atoms with E-state index < -0.39 is 11.6 Å². The van der Waals surface area contributed by atoms with Crippen LogP contribution in [0.4, 0.5) is 8.78 Å². The summed E-state index contributed by atoms with van der Waals surface area (Å²) >= 11 is 6.25. The van der Waals surface area contributed by atoms with Crippen LogP contribution in [-0.2, 0) is 6.42 Å². The molecule has 2 aromatic rings. The van der Waals surface area contributed by atoms with Crippen molar-refractivity contribution in [1.82, 2.24) is 5.32 Å². The van der Waals surface area contributed by atoms with Gasteiger partial charge in [-0.05, 0) is 48.9 Å². The molecule has 0 bridgehead atoms. The summed E-state index contributed by atoms with van der Waals surface area (Å²) in [5, 5.41) is 3.70. The maximum absolute atomic E-state index is 13.3. The summed E-state index contributed by atoms with van der Waals surface area (Å²) in [6.45, 7) is 0. The molecule has 1 atom stereocenters. The van der Waals surface area contributed by atoms with Crippen molar-refractivity contribution >= 4 is 11.6 Å². The van der Waals surface area contributed by atoms with Gasteiger partial charge in [0, 0.05) is 11.1 Å². The van der Waals surface area contributed by atoms with Gasteiger partial charge in [0.05, 0.1) is 7.11 Å². The van der Waals surface area contributed by atoms with Gasteiger partial charge in [0.25, 0.3) is 0 Å². The van der Waals surface area contributed by atoms with Crippen molar-refractivity contribution < 1.29 is 13.5 Å². The molecule has 1 N–H and O–H groups in total. The molecule has 0 saturated carbocycles. The third kappa shape index (κ3) is 3.71. The van der Waals surface area contributed by atoms with E-state index in [1.165, 1.54) is 6.07 Å². The van der Waals surface area contributed by atoms with Crippen LogP contribution in [-0.4, -0.2) is 14.2 Å². The SMILES string of the molecule is CNC(Cc1ccc(F)c(F)c1)c1ccc(OC)cc1Cl. The fourth-order valence-corrected chi connectivity index (χ4v) is 2.49. The van der Waals surface area contributed by atoms with E-state index in [0.717, 1.165) is 11.6 Å². The van der Waals surface area contributed by atoms with Crippen LogP contribution in [0.25, 0.3) is 0 Å². The van der Waals surface area contributed by atoms with Crippen LogP contribution in [0.5, 0.6) is 5.75 Å². The predicted molar refractivity (Wildman–Crippen MR) is 79.9 cm³/mol. The highest BCUT2D eigenvalue weighted by atomic mass is 35.5. The smallest absolute Gasteiger partial charge is 0.159 e. The topological polar surface area (TPSA) is 21.3 Å². The number of hydrogen-bond donors (Lipinski definition) is 1. The normalized spacial score (nSPS) is 12.2. The first-order valence-electron chi connectivity index (χ1n) is 6.49. The number of methoxy groups -OCH3 is 1.